The second-order valence-electron chi connectivity index (χ2n) is 3.86. The Bertz CT molecular complexity index is 322. The first kappa shape index (κ1) is 13.5. The lowest BCUT2D eigenvalue weighted by Gasteiger charge is -2.11. The van der Waals surface area contributed by atoms with E-state index in [0.29, 0.717) is 6.42 Å². The summed E-state index contributed by atoms with van der Waals surface area (Å²) in [4.78, 5) is 4.24. The standard InChI is InChI=1S/C11H17F2N2P/c1-8(14-2)10-4-3-9(7-15-10)5-6-11(12,13)16/h3-4,7-8,14H,5-6,16H2,1-2H3. The van der Waals surface area contributed by atoms with Crippen molar-refractivity contribution < 1.29 is 8.78 Å². The molecule has 1 aromatic rings. The van der Waals surface area contributed by atoms with Crippen LogP contribution in [-0.4, -0.2) is 17.7 Å². The highest BCUT2D eigenvalue weighted by molar-refractivity contribution is 7.18. The van der Waals surface area contributed by atoms with Gasteiger partial charge in [0.1, 0.15) is 0 Å². The van der Waals surface area contributed by atoms with Crippen molar-refractivity contribution in [2.45, 2.75) is 31.5 Å². The predicted octanol–water partition coefficient (Wildman–Crippen LogP) is 2.76. The van der Waals surface area contributed by atoms with Gasteiger partial charge in [0, 0.05) is 18.7 Å². The van der Waals surface area contributed by atoms with Gasteiger partial charge in [0.25, 0.3) is 5.66 Å². The minimum Gasteiger partial charge on any atom is -0.312 e. The number of hydrogen-bond acceptors (Lipinski definition) is 2. The Hall–Kier alpha value is -0.600. The molecule has 1 heterocycles. The number of rotatable bonds is 5. The molecule has 0 aromatic carbocycles. The normalized spacial score (nSPS) is 13.8. The first-order valence-corrected chi connectivity index (χ1v) is 5.79. The molecule has 2 unspecified atom stereocenters. The molecule has 0 amide bonds. The van der Waals surface area contributed by atoms with Crippen molar-refractivity contribution in [1.29, 1.82) is 0 Å². The highest BCUT2D eigenvalue weighted by Crippen LogP contribution is 2.27. The predicted molar refractivity (Wildman–Crippen MR) is 64.7 cm³/mol. The third-order valence-corrected chi connectivity index (χ3v) is 2.76. The van der Waals surface area contributed by atoms with Crippen molar-refractivity contribution in [2.75, 3.05) is 7.05 Å². The second kappa shape index (κ2) is 5.65. The van der Waals surface area contributed by atoms with Crippen molar-refractivity contribution in [3.63, 3.8) is 0 Å². The van der Waals surface area contributed by atoms with E-state index in [1.807, 2.05) is 26.1 Å². The number of nitrogens with zero attached hydrogens (tertiary/aromatic N) is 1. The van der Waals surface area contributed by atoms with Crippen LogP contribution in [0.4, 0.5) is 8.78 Å². The molecule has 0 bridgehead atoms. The number of aromatic nitrogens is 1. The van der Waals surface area contributed by atoms with Crippen LogP contribution in [0.25, 0.3) is 0 Å². The lowest BCUT2D eigenvalue weighted by molar-refractivity contribution is 0.0947. The minimum atomic E-state index is -2.68. The molecule has 0 radical (unpaired) electrons. The van der Waals surface area contributed by atoms with Crippen LogP contribution < -0.4 is 5.32 Å². The maximum absolute atomic E-state index is 12.6. The Morgan fingerprint density at radius 1 is 1.50 bits per heavy atom. The fourth-order valence-corrected chi connectivity index (χ4v) is 1.44. The Kier molecular flexibility index (Phi) is 4.75. The van der Waals surface area contributed by atoms with Gasteiger partial charge in [-0.1, -0.05) is 15.3 Å². The lowest BCUT2D eigenvalue weighted by Crippen LogP contribution is -2.14. The van der Waals surface area contributed by atoms with Gasteiger partial charge in [0.2, 0.25) is 0 Å². The molecule has 0 spiro atoms. The van der Waals surface area contributed by atoms with Crippen molar-refractivity contribution in [3.05, 3.63) is 29.6 Å². The number of alkyl halides is 2. The first-order chi connectivity index (χ1) is 7.42. The largest absolute Gasteiger partial charge is 0.312 e. The van der Waals surface area contributed by atoms with Crippen LogP contribution in [0.5, 0.6) is 0 Å². The summed E-state index contributed by atoms with van der Waals surface area (Å²) in [6, 6.07) is 3.90. The molecular formula is C11H17F2N2P. The second-order valence-corrected chi connectivity index (χ2v) is 4.71. The Labute approximate surface area is 97.1 Å². The van der Waals surface area contributed by atoms with Crippen LogP contribution in [0.2, 0.25) is 0 Å². The van der Waals surface area contributed by atoms with Gasteiger partial charge in [0.05, 0.1) is 5.69 Å². The van der Waals surface area contributed by atoms with Gasteiger partial charge >= 0.3 is 0 Å². The number of nitrogens with one attached hydrogen (secondary N) is 1. The quantitative estimate of drug-likeness (QED) is 0.808. The summed E-state index contributed by atoms with van der Waals surface area (Å²) in [5, 5.41) is 3.07. The fourth-order valence-electron chi connectivity index (χ4n) is 1.30. The van der Waals surface area contributed by atoms with E-state index in [-0.39, 0.29) is 12.5 Å². The molecule has 0 aliphatic carbocycles. The molecule has 0 fully saturated rings. The van der Waals surface area contributed by atoms with Crippen molar-refractivity contribution in [3.8, 4) is 0 Å². The van der Waals surface area contributed by atoms with E-state index in [9.17, 15) is 8.78 Å². The summed E-state index contributed by atoms with van der Waals surface area (Å²) >= 11 is 0. The monoisotopic (exact) mass is 246 g/mol. The highest BCUT2D eigenvalue weighted by atomic mass is 31.0. The molecule has 5 heteroatoms. The Morgan fingerprint density at radius 2 is 2.19 bits per heavy atom. The number of aryl methyl sites for hydroxylation is 1. The molecule has 0 aliphatic heterocycles. The van der Waals surface area contributed by atoms with E-state index in [0.717, 1.165) is 11.3 Å². The average molecular weight is 246 g/mol. The first-order valence-electron chi connectivity index (χ1n) is 5.21. The summed E-state index contributed by atoms with van der Waals surface area (Å²) < 4.78 is 25.2. The van der Waals surface area contributed by atoms with E-state index in [1.165, 1.54) is 0 Å². The van der Waals surface area contributed by atoms with E-state index in [2.05, 4.69) is 10.3 Å². The lowest BCUT2D eigenvalue weighted by atomic mass is 10.1. The minimum absolute atomic E-state index is 0.166. The Balaban J connectivity index is 2.58. The fraction of sp³-hybridized carbons (Fsp3) is 0.545. The molecule has 2 nitrogen and oxygen atoms in total. The van der Waals surface area contributed by atoms with Crippen LogP contribution in [0, 0.1) is 0 Å². The summed E-state index contributed by atoms with van der Waals surface area (Å²) in [6.07, 6.45) is 1.84. The third kappa shape index (κ3) is 4.50. The van der Waals surface area contributed by atoms with Crippen molar-refractivity contribution >= 4 is 9.24 Å². The van der Waals surface area contributed by atoms with Gasteiger partial charge in [-0.05, 0) is 32.0 Å². The molecule has 16 heavy (non-hydrogen) atoms. The molecule has 0 saturated carbocycles. The van der Waals surface area contributed by atoms with Crippen molar-refractivity contribution in [2.24, 2.45) is 0 Å². The highest BCUT2D eigenvalue weighted by Gasteiger charge is 2.20. The number of halogens is 2. The van der Waals surface area contributed by atoms with Gasteiger partial charge in [-0.25, -0.2) is 8.78 Å². The van der Waals surface area contributed by atoms with Gasteiger partial charge in [-0.15, -0.1) is 0 Å². The summed E-state index contributed by atoms with van der Waals surface area (Å²) in [5.74, 6) is 0. The number of pyridine rings is 1. The summed E-state index contributed by atoms with van der Waals surface area (Å²) in [7, 11) is 3.41. The molecule has 1 rings (SSSR count). The van der Waals surface area contributed by atoms with Gasteiger partial charge in [-0.2, -0.15) is 0 Å². The smallest absolute Gasteiger partial charge is 0.259 e. The van der Waals surface area contributed by atoms with E-state index in [4.69, 9.17) is 0 Å². The van der Waals surface area contributed by atoms with Gasteiger partial charge in [-0.3, -0.25) is 4.98 Å². The van der Waals surface area contributed by atoms with E-state index < -0.39 is 5.66 Å². The maximum atomic E-state index is 12.6. The zero-order valence-corrected chi connectivity index (χ0v) is 10.7. The van der Waals surface area contributed by atoms with Gasteiger partial charge < -0.3 is 5.32 Å². The molecule has 0 aliphatic rings. The molecule has 90 valence electrons. The van der Waals surface area contributed by atoms with E-state index >= 15 is 0 Å². The molecule has 0 saturated heterocycles. The van der Waals surface area contributed by atoms with E-state index in [1.54, 1.807) is 15.4 Å². The van der Waals surface area contributed by atoms with Crippen LogP contribution in [0.3, 0.4) is 0 Å². The summed E-state index contributed by atoms with van der Waals surface area (Å²) in [6.45, 7) is 2.00. The van der Waals surface area contributed by atoms with Crippen molar-refractivity contribution in [1.82, 2.24) is 10.3 Å². The maximum Gasteiger partial charge on any atom is 0.259 e. The van der Waals surface area contributed by atoms with Gasteiger partial charge in [0.15, 0.2) is 0 Å². The van der Waals surface area contributed by atoms with Crippen LogP contribution in [0.15, 0.2) is 18.3 Å². The number of hydrogen-bond donors (Lipinski definition) is 1. The zero-order chi connectivity index (χ0) is 12.2. The third-order valence-electron chi connectivity index (χ3n) is 2.47. The Morgan fingerprint density at radius 3 is 2.62 bits per heavy atom. The topological polar surface area (TPSA) is 24.9 Å². The summed E-state index contributed by atoms with van der Waals surface area (Å²) in [5.41, 5.74) is -0.921. The zero-order valence-electron chi connectivity index (χ0n) is 9.50. The average Bonchev–Trinajstić information content (AvgIpc) is 2.25. The molecular weight excluding hydrogens is 229 g/mol. The SMILES string of the molecule is CNC(C)c1ccc(CCC(F)(F)P)cn1. The molecule has 2 atom stereocenters. The molecule has 1 aromatic heterocycles. The molecule has 1 N–H and O–H groups in total. The van der Waals surface area contributed by atoms with Crippen LogP contribution >= 0.6 is 9.24 Å². The van der Waals surface area contributed by atoms with Crippen LogP contribution in [-0.2, 0) is 6.42 Å². The van der Waals surface area contributed by atoms with Crippen LogP contribution in [0.1, 0.15) is 30.6 Å².